The molecule has 0 radical (unpaired) electrons. The third-order valence-corrected chi connectivity index (χ3v) is 2.16. The Morgan fingerprint density at radius 3 is 3.12 bits per heavy atom. The van der Waals surface area contributed by atoms with Crippen molar-refractivity contribution in [1.29, 1.82) is 0 Å². The number of aromatic amines is 1. The summed E-state index contributed by atoms with van der Waals surface area (Å²) in [7, 11) is 0. The highest BCUT2D eigenvalue weighted by Crippen LogP contribution is 2.05. The number of pyridine rings is 1. The normalized spacial score (nSPS) is 9.94. The van der Waals surface area contributed by atoms with Crippen LogP contribution in [0.15, 0.2) is 30.9 Å². The van der Waals surface area contributed by atoms with E-state index in [1.807, 2.05) is 0 Å². The number of anilines is 1. The Morgan fingerprint density at radius 2 is 2.41 bits per heavy atom. The van der Waals surface area contributed by atoms with Gasteiger partial charge in [-0.15, -0.1) is 0 Å². The zero-order chi connectivity index (χ0) is 12.1. The summed E-state index contributed by atoms with van der Waals surface area (Å²) >= 11 is 0. The summed E-state index contributed by atoms with van der Waals surface area (Å²) in [6.45, 7) is 0.395. The monoisotopic (exact) mass is 232 g/mol. The van der Waals surface area contributed by atoms with Crippen molar-refractivity contribution in [3.05, 3.63) is 42.1 Å². The molecule has 0 aliphatic carbocycles. The Balaban J connectivity index is 1.99. The molecule has 17 heavy (non-hydrogen) atoms. The van der Waals surface area contributed by atoms with Crippen LogP contribution in [-0.2, 0) is 6.54 Å². The van der Waals surface area contributed by atoms with Crippen LogP contribution in [0.25, 0.3) is 0 Å². The molecule has 0 aromatic carbocycles. The third kappa shape index (κ3) is 2.79. The topological polar surface area (TPSA) is 109 Å². The van der Waals surface area contributed by atoms with Gasteiger partial charge in [0.05, 0.1) is 18.6 Å². The summed E-state index contributed by atoms with van der Waals surface area (Å²) in [5.41, 5.74) is 3.72. The number of hydrogen-bond acceptors (Lipinski definition) is 5. The van der Waals surface area contributed by atoms with Gasteiger partial charge in [0, 0.05) is 18.0 Å². The molecule has 0 bridgehead atoms. The van der Waals surface area contributed by atoms with Crippen LogP contribution in [0.1, 0.15) is 16.1 Å². The fourth-order valence-corrected chi connectivity index (χ4v) is 1.31. The van der Waals surface area contributed by atoms with Crippen LogP contribution < -0.4 is 16.6 Å². The summed E-state index contributed by atoms with van der Waals surface area (Å²) in [5, 5.41) is 2.75. The molecular weight excluding hydrogens is 220 g/mol. The van der Waals surface area contributed by atoms with Crippen molar-refractivity contribution < 1.29 is 4.79 Å². The molecule has 7 nitrogen and oxygen atoms in total. The van der Waals surface area contributed by atoms with Crippen molar-refractivity contribution in [1.82, 2.24) is 20.3 Å². The maximum absolute atomic E-state index is 11.8. The third-order valence-electron chi connectivity index (χ3n) is 2.16. The van der Waals surface area contributed by atoms with E-state index in [0.717, 1.165) is 5.69 Å². The number of hydrogen-bond donors (Lipinski definition) is 4. The van der Waals surface area contributed by atoms with Gasteiger partial charge in [0.25, 0.3) is 5.91 Å². The van der Waals surface area contributed by atoms with Crippen LogP contribution in [0.4, 0.5) is 5.82 Å². The molecule has 2 aromatic heterocycles. The zero-order valence-corrected chi connectivity index (χ0v) is 8.97. The number of nitrogens with two attached hydrogens (primary N) is 1. The predicted molar refractivity (Wildman–Crippen MR) is 61.8 cm³/mol. The lowest BCUT2D eigenvalue weighted by Crippen LogP contribution is -2.23. The number of H-pyrrole nitrogens is 1. The quantitative estimate of drug-likeness (QED) is 0.439. The average Bonchev–Trinajstić information content (AvgIpc) is 2.89. The number of nitrogens with zero attached hydrogens (tertiary/aromatic N) is 2. The molecule has 0 unspecified atom stereocenters. The van der Waals surface area contributed by atoms with Gasteiger partial charge in [0.15, 0.2) is 0 Å². The van der Waals surface area contributed by atoms with Gasteiger partial charge in [-0.25, -0.2) is 15.8 Å². The highest BCUT2D eigenvalue weighted by molar-refractivity contribution is 5.94. The number of nitrogen functional groups attached to an aromatic ring is 1. The Kier molecular flexibility index (Phi) is 3.31. The second-order valence-electron chi connectivity index (χ2n) is 3.33. The van der Waals surface area contributed by atoms with E-state index in [2.05, 4.69) is 25.7 Å². The number of amides is 1. The molecular formula is C10H12N6O. The summed E-state index contributed by atoms with van der Waals surface area (Å²) in [5.74, 6) is 5.46. The van der Waals surface area contributed by atoms with Gasteiger partial charge < -0.3 is 15.7 Å². The summed E-state index contributed by atoms with van der Waals surface area (Å²) in [4.78, 5) is 22.4. The fraction of sp³-hybridized carbons (Fsp3) is 0.100. The lowest BCUT2D eigenvalue weighted by atomic mass is 10.2. The molecule has 5 N–H and O–H groups in total. The summed E-state index contributed by atoms with van der Waals surface area (Å²) < 4.78 is 0. The highest BCUT2D eigenvalue weighted by atomic mass is 16.1. The first-order chi connectivity index (χ1) is 8.29. The zero-order valence-electron chi connectivity index (χ0n) is 8.97. The number of rotatable bonds is 4. The van der Waals surface area contributed by atoms with Crippen LogP contribution in [0.3, 0.4) is 0 Å². The van der Waals surface area contributed by atoms with Crippen LogP contribution in [0.5, 0.6) is 0 Å². The van der Waals surface area contributed by atoms with E-state index in [9.17, 15) is 4.79 Å². The summed E-state index contributed by atoms with van der Waals surface area (Å²) in [6.07, 6.45) is 4.73. The van der Waals surface area contributed by atoms with E-state index in [1.54, 1.807) is 24.7 Å². The minimum absolute atomic E-state index is 0.196. The van der Waals surface area contributed by atoms with Crippen LogP contribution >= 0.6 is 0 Å². The smallest absolute Gasteiger partial charge is 0.251 e. The highest BCUT2D eigenvalue weighted by Gasteiger charge is 2.06. The largest absolute Gasteiger partial charge is 0.347 e. The van der Waals surface area contributed by atoms with Gasteiger partial charge in [-0.05, 0) is 12.1 Å². The molecule has 2 rings (SSSR count). The number of carbonyl (C=O) groups excluding carboxylic acids is 1. The second-order valence-corrected chi connectivity index (χ2v) is 3.33. The molecule has 7 heteroatoms. The molecule has 0 spiro atoms. The number of carbonyl (C=O) groups is 1. The molecule has 0 atom stereocenters. The first kappa shape index (κ1) is 11.1. The maximum Gasteiger partial charge on any atom is 0.251 e. The van der Waals surface area contributed by atoms with E-state index in [0.29, 0.717) is 17.9 Å². The van der Waals surface area contributed by atoms with Crippen molar-refractivity contribution in [2.45, 2.75) is 6.54 Å². The van der Waals surface area contributed by atoms with Crippen LogP contribution in [0.2, 0.25) is 0 Å². The van der Waals surface area contributed by atoms with Gasteiger partial charge in [0.2, 0.25) is 0 Å². The lowest BCUT2D eigenvalue weighted by molar-refractivity contribution is 0.0950. The van der Waals surface area contributed by atoms with Crippen molar-refractivity contribution >= 4 is 11.7 Å². The Hall–Kier alpha value is -2.41. The van der Waals surface area contributed by atoms with Crippen molar-refractivity contribution in [3.8, 4) is 0 Å². The predicted octanol–water partition coefficient (Wildman–Crippen LogP) is 0.0203. The van der Waals surface area contributed by atoms with Gasteiger partial charge in [-0.3, -0.25) is 4.79 Å². The van der Waals surface area contributed by atoms with Crippen LogP contribution in [0, 0.1) is 0 Å². The minimum atomic E-state index is -0.196. The van der Waals surface area contributed by atoms with E-state index in [4.69, 9.17) is 5.84 Å². The van der Waals surface area contributed by atoms with Gasteiger partial charge in [0.1, 0.15) is 5.82 Å². The molecule has 0 saturated carbocycles. The SMILES string of the molecule is NNc1cc(C(=O)NCc2cnc[nH]2)ccn1. The Labute approximate surface area is 97.4 Å². The summed E-state index contributed by atoms with van der Waals surface area (Å²) in [6, 6.07) is 3.19. The van der Waals surface area contributed by atoms with Crippen LogP contribution in [-0.4, -0.2) is 20.9 Å². The first-order valence-corrected chi connectivity index (χ1v) is 4.97. The van der Waals surface area contributed by atoms with Crippen molar-refractivity contribution in [2.75, 3.05) is 5.43 Å². The number of nitrogens with one attached hydrogen (secondary N) is 3. The molecule has 88 valence electrons. The molecule has 0 saturated heterocycles. The second kappa shape index (κ2) is 5.08. The molecule has 2 aromatic rings. The Morgan fingerprint density at radius 1 is 1.53 bits per heavy atom. The number of hydrazine groups is 1. The van der Waals surface area contributed by atoms with Crippen molar-refractivity contribution in [2.24, 2.45) is 5.84 Å². The molecule has 0 aliphatic heterocycles. The van der Waals surface area contributed by atoms with Gasteiger partial charge >= 0.3 is 0 Å². The van der Waals surface area contributed by atoms with Gasteiger partial charge in [-0.1, -0.05) is 0 Å². The first-order valence-electron chi connectivity index (χ1n) is 4.97. The van der Waals surface area contributed by atoms with E-state index in [1.165, 1.54) is 6.20 Å². The Bertz CT molecular complexity index is 495. The number of aromatic nitrogens is 3. The van der Waals surface area contributed by atoms with E-state index >= 15 is 0 Å². The molecule has 0 aliphatic rings. The number of imidazole rings is 1. The molecule has 0 fully saturated rings. The minimum Gasteiger partial charge on any atom is -0.347 e. The standard InChI is InChI=1S/C10H12N6O/c11-16-9-3-7(1-2-13-9)10(17)14-5-8-4-12-6-15-8/h1-4,6H,5,11H2,(H,12,15)(H,13,16)(H,14,17). The fourth-order valence-electron chi connectivity index (χ4n) is 1.31. The lowest BCUT2D eigenvalue weighted by Gasteiger charge is -2.05. The molecule has 2 heterocycles. The molecule has 1 amide bonds. The van der Waals surface area contributed by atoms with E-state index < -0.39 is 0 Å². The van der Waals surface area contributed by atoms with E-state index in [-0.39, 0.29) is 5.91 Å². The van der Waals surface area contributed by atoms with Gasteiger partial charge in [-0.2, -0.15) is 0 Å². The van der Waals surface area contributed by atoms with Crippen molar-refractivity contribution in [3.63, 3.8) is 0 Å². The average molecular weight is 232 g/mol. The maximum atomic E-state index is 11.8.